The molecule has 0 heterocycles. The van der Waals surface area contributed by atoms with Crippen LogP contribution in [0.5, 0.6) is 0 Å². The van der Waals surface area contributed by atoms with Gasteiger partial charge >= 0.3 is 82.1 Å². The molecule has 0 radical (unpaired) electrons. The third-order valence-corrected chi connectivity index (χ3v) is 4.03. The second kappa shape index (κ2) is 4.08. The first kappa shape index (κ1) is 10.5. The predicted molar refractivity (Wildman–Crippen MR) is 58.9 cm³/mol. The van der Waals surface area contributed by atoms with Crippen molar-refractivity contribution in [3.63, 3.8) is 0 Å². The van der Waals surface area contributed by atoms with Crippen molar-refractivity contribution in [1.82, 2.24) is 0 Å². The second-order valence-electron chi connectivity index (χ2n) is 4.02. The SMILES string of the molecule is C[Se](C)(C)CC(=O)c1ccccc1. The van der Waals surface area contributed by atoms with Gasteiger partial charge in [0, 0.05) is 0 Å². The molecule has 0 unspecified atom stereocenters. The maximum atomic E-state index is 11.7. The average Bonchev–Trinajstić information content (AvgIpc) is 2.03. The third-order valence-electron chi connectivity index (χ3n) is 1.66. The van der Waals surface area contributed by atoms with Crippen molar-refractivity contribution in [1.29, 1.82) is 0 Å². The quantitative estimate of drug-likeness (QED) is 0.588. The van der Waals surface area contributed by atoms with Crippen LogP contribution < -0.4 is 0 Å². The van der Waals surface area contributed by atoms with Crippen molar-refractivity contribution >= 4 is 18.6 Å². The van der Waals surface area contributed by atoms with E-state index in [4.69, 9.17) is 0 Å². The van der Waals surface area contributed by atoms with Crippen LogP contribution in [0.15, 0.2) is 30.3 Å². The first-order valence-corrected chi connectivity index (χ1v) is 10.6. The van der Waals surface area contributed by atoms with Gasteiger partial charge in [-0.05, 0) is 0 Å². The van der Waals surface area contributed by atoms with Gasteiger partial charge in [-0.1, -0.05) is 0 Å². The van der Waals surface area contributed by atoms with Crippen LogP contribution in [0.1, 0.15) is 10.4 Å². The minimum atomic E-state index is -1.42. The normalized spacial score (nSPS) is 12.5. The molecule has 0 aliphatic carbocycles. The minimum absolute atomic E-state index is 0.299. The molecule has 0 amide bonds. The van der Waals surface area contributed by atoms with Crippen molar-refractivity contribution in [3.8, 4) is 0 Å². The van der Waals surface area contributed by atoms with Crippen molar-refractivity contribution in [3.05, 3.63) is 35.9 Å². The molecule has 13 heavy (non-hydrogen) atoms. The Morgan fingerprint density at radius 3 is 2.15 bits per heavy atom. The number of hydrogen-bond acceptors (Lipinski definition) is 1. The maximum absolute atomic E-state index is 11.7. The van der Waals surface area contributed by atoms with Gasteiger partial charge < -0.3 is 0 Å². The number of benzene rings is 1. The molecule has 0 N–H and O–H groups in total. The van der Waals surface area contributed by atoms with E-state index in [0.717, 1.165) is 10.9 Å². The summed E-state index contributed by atoms with van der Waals surface area (Å²) in [6.45, 7) is 0. The Hall–Kier alpha value is -0.591. The Kier molecular flexibility index (Phi) is 3.29. The van der Waals surface area contributed by atoms with E-state index < -0.39 is 12.8 Å². The molecule has 0 atom stereocenters. The van der Waals surface area contributed by atoms with Gasteiger partial charge in [0.25, 0.3) is 0 Å². The van der Waals surface area contributed by atoms with Gasteiger partial charge in [-0.25, -0.2) is 0 Å². The monoisotopic (exact) mass is 244 g/mol. The Labute approximate surface area is 82.4 Å². The van der Waals surface area contributed by atoms with E-state index in [1.54, 1.807) is 0 Å². The molecule has 1 aromatic rings. The molecule has 0 bridgehead atoms. The summed E-state index contributed by atoms with van der Waals surface area (Å²) in [4.78, 5) is 11.7. The van der Waals surface area contributed by atoms with E-state index in [9.17, 15) is 4.79 Å². The Morgan fingerprint density at radius 2 is 1.69 bits per heavy atom. The summed E-state index contributed by atoms with van der Waals surface area (Å²) in [5.41, 5.74) is 0.856. The molecular formula is C11H16OSe. The standard InChI is InChI=1S/C11H16OSe/c1-13(2,3)9-11(12)10-7-5-4-6-8-10/h4-8H,9H2,1-3H3. The molecule has 0 aliphatic heterocycles. The Morgan fingerprint density at radius 1 is 1.15 bits per heavy atom. The van der Waals surface area contributed by atoms with E-state index in [0.29, 0.717) is 5.78 Å². The fraction of sp³-hybridized carbons (Fsp3) is 0.364. The van der Waals surface area contributed by atoms with Crippen LogP contribution in [0.3, 0.4) is 0 Å². The zero-order valence-electron chi connectivity index (χ0n) is 8.41. The number of rotatable bonds is 3. The Balaban J connectivity index is 2.71. The zero-order chi connectivity index (χ0) is 9.90. The van der Waals surface area contributed by atoms with Crippen LogP contribution in [-0.4, -0.2) is 18.6 Å². The van der Waals surface area contributed by atoms with Crippen molar-refractivity contribution in [2.75, 3.05) is 0 Å². The van der Waals surface area contributed by atoms with Crippen LogP contribution in [0.25, 0.3) is 0 Å². The van der Waals surface area contributed by atoms with Crippen LogP contribution in [0.4, 0.5) is 0 Å². The first-order chi connectivity index (χ1) is 5.99. The molecule has 0 aromatic heterocycles. The molecule has 72 valence electrons. The van der Waals surface area contributed by atoms with Crippen LogP contribution in [0, 0.1) is 0 Å². The number of carbonyl (C=O) groups excluding carboxylic acids is 1. The summed E-state index contributed by atoms with van der Waals surface area (Å²) in [6.07, 6.45) is 0. The average molecular weight is 243 g/mol. The summed E-state index contributed by atoms with van der Waals surface area (Å²) < 4.78 is 0. The Bertz CT molecular complexity index is 285. The van der Waals surface area contributed by atoms with Gasteiger partial charge in [0.15, 0.2) is 0 Å². The fourth-order valence-corrected chi connectivity index (χ4v) is 3.10. The molecule has 1 aromatic carbocycles. The van der Waals surface area contributed by atoms with Crippen molar-refractivity contribution < 1.29 is 4.79 Å². The number of hydrogen-bond donors (Lipinski definition) is 0. The van der Waals surface area contributed by atoms with E-state index in [1.165, 1.54) is 0 Å². The molecule has 2 heteroatoms. The van der Waals surface area contributed by atoms with Crippen LogP contribution in [0.2, 0.25) is 22.8 Å². The predicted octanol–water partition coefficient (Wildman–Crippen LogP) is 3.21. The molecule has 1 nitrogen and oxygen atoms in total. The van der Waals surface area contributed by atoms with Gasteiger partial charge in [0.05, 0.1) is 0 Å². The molecule has 0 aliphatic rings. The number of carbonyl (C=O) groups is 1. The summed E-state index contributed by atoms with van der Waals surface area (Å²) in [5, 5.41) is 0.764. The molecule has 1 rings (SSSR count). The van der Waals surface area contributed by atoms with E-state index in [1.807, 2.05) is 30.3 Å². The van der Waals surface area contributed by atoms with Gasteiger partial charge in [-0.2, -0.15) is 0 Å². The molecular weight excluding hydrogens is 227 g/mol. The van der Waals surface area contributed by atoms with Crippen molar-refractivity contribution in [2.24, 2.45) is 0 Å². The van der Waals surface area contributed by atoms with Gasteiger partial charge in [-0.3, -0.25) is 0 Å². The summed E-state index contributed by atoms with van der Waals surface area (Å²) in [5.74, 6) is 7.00. The molecule has 0 saturated carbocycles. The second-order valence-corrected chi connectivity index (χ2v) is 13.4. The zero-order valence-corrected chi connectivity index (χ0v) is 10.1. The molecule has 0 fully saturated rings. The van der Waals surface area contributed by atoms with E-state index in [-0.39, 0.29) is 0 Å². The molecule has 0 spiro atoms. The fourth-order valence-electron chi connectivity index (χ4n) is 1.10. The number of Topliss-reactive ketones (excluding diaryl/α,β-unsaturated/α-hetero) is 1. The summed E-state index contributed by atoms with van der Waals surface area (Å²) in [6, 6.07) is 9.56. The van der Waals surface area contributed by atoms with E-state index in [2.05, 4.69) is 17.5 Å². The summed E-state index contributed by atoms with van der Waals surface area (Å²) >= 11 is -1.42. The molecule has 0 saturated heterocycles. The van der Waals surface area contributed by atoms with Crippen LogP contribution in [-0.2, 0) is 0 Å². The van der Waals surface area contributed by atoms with Gasteiger partial charge in [0.2, 0.25) is 0 Å². The van der Waals surface area contributed by atoms with Gasteiger partial charge in [0.1, 0.15) is 0 Å². The summed E-state index contributed by atoms with van der Waals surface area (Å²) in [7, 11) is 0. The van der Waals surface area contributed by atoms with Crippen LogP contribution >= 0.6 is 0 Å². The van der Waals surface area contributed by atoms with E-state index >= 15 is 0 Å². The topological polar surface area (TPSA) is 17.1 Å². The van der Waals surface area contributed by atoms with Crippen molar-refractivity contribution in [2.45, 2.75) is 22.8 Å². The third kappa shape index (κ3) is 3.75. The number of ketones is 1. The first-order valence-electron chi connectivity index (χ1n) is 4.23. The van der Waals surface area contributed by atoms with Gasteiger partial charge in [-0.15, -0.1) is 0 Å².